The summed E-state index contributed by atoms with van der Waals surface area (Å²) in [6, 6.07) is 15.4. The van der Waals surface area contributed by atoms with E-state index in [4.69, 9.17) is 44.6 Å². The molecular formula is C19H15Cl2N3O3S. The third-order valence-corrected chi connectivity index (χ3v) is 4.42. The highest BCUT2D eigenvalue weighted by Gasteiger charge is 2.14. The molecule has 0 fully saturated rings. The van der Waals surface area contributed by atoms with Crippen molar-refractivity contribution in [3.05, 3.63) is 70.4 Å². The predicted molar refractivity (Wildman–Crippen MR) is 114 cm³/mol. The molecule has 0 bridgehead atoms. The Hall–Kier alpha value is -2.74. The van der Waals surface area contributed by atoms with Crippen LogP contribution in [-0.2, 0) is 0 Å². The van der Waals surface area contributed by atoms with E-state index in [2.05, 4.69) is 16.2 Å². The van der Waals surface area contributed by atoms with E-state index in [0.29, 0.717) is 32.8 Å². The minimum atomic E-state index is -0.500. The number of ether oxygens (including phenoxy) is 1. The molecule has 0 spiro atoms. The van der Waals surface area contributed by atoms with Crippen molar-refractivity contribution in [2.45, 2.75) is 0 Å². The number of halogens is 2. The predicted octanol–water partition coefficient (Wildman–Crippen LogP) is 4.89. The van der Waals surface area contributed by atoms with Crippen molar-refractivity contribution >= 4 is 52.1 Å². The molecule has 28 heavy (non-hydrogen) atoms. The monoisotopic (exact) mass is 435 g/mol. The summed E-state index contributed by atoms with van der Waals surface area (Å²) in [4.78, 5) is 12.3. The van der Waals surface area contributed by atoms with Gasteiger partial charge in [-0.3, -0.25) is 15.6 Å². The number of benzene rings is 2. The molecule has 0 saturated heterocycles. The lowest BCUT2D eigenvalue weighted by Crippen LogP contribution is -2.43. The molecule has 1 aromatic heterocycles. The van der Waals surface area contributed by atoms with E-state index in [1.807, 2.05) is 12.1 Å². The molecule has 3 N–H and O–H groups in total. The summed E-state index contributed by atoms with van der Waals surface area (Å²) in [6.07, 6.45) is 0. The Bertz CT molecular complexity index is 1020. The lowest BCUT2D eigenvalue weighted by atomic mass is 10.2. The van der Waals surface area contributed by atoms with Gasteiger partial charge in [0.15, 0.2) is 10.9 Å². The van der Waals surface area contributed by atoms with E-state index in [0.717, 1.165) is 0 Å². The zero-order valence-electron chi connectivity index (χ0n) is 14.6. The quantitative estimate of drug-likeness (QED) is 0.399. The van der Waals surface area contributed by atoms with Crippen LogP contribution in [0.2, 0.25) is 10.0 Å². The molecule has 1 heterocycles. The average Bonchev–Trinajstić information content (AvgIpc) is 3.16. The number of anilines is 1. The van der Waals surface area contributed by atoms with Gasteiger partial charge < -0.3 is 14.5 Å². The highest BCUT2D eigenvalue weighted by atomic mass is 35.5. The van der Waals surface area contributed by atoms with Gasteiger partial charge in [0.1, 0.15) is 11.5 Å². The maximum absolute atomic E-state index is 12.3. The Morgan fingerprint density at radius 3 is 2.61 bits per heavy atom. The molecule has 2 aromatic carbocycles. The second-order valence-electron chi connectivity index (χ2n) is 5.52. The third kappa shape index (κ3) is 4.75. The number of hydrogen-bond acceptors (Lipinski definition) is 4. The highest BCUT2D eigenvalue weighted by molar-refractivity contribution is 7.80. The molecule has 0 saturated carbocycles. The highest BCUT2D eigenvalue weighted by Crippen LogP contribution is 2.31. The molecule has 0 aliphatic carbocycles. The molecule has 0 aliphatic heterocycles. The molecule has 6 nitrogen and oxygen atoms in total. The SMILES string of the molecule is COc1ccccc1NC(=S)NNC(=O)c1ccc(-c2ccc(Cl)cc2Cl)o1. The van der Waals surface area contributed by atoms with Crippen molar-refractivity contribution in [2.75, 3.05) is 12.4 Å². The van der Waals surface area contributed by atoms with Crippen LogP contribution >= 0.6 is 35.4 Å². The Kier molecular flexibility index (Phi) is 6.41. The van der Waals surface area contributed by atoms with Crippen molar-refractivity contribution < 1.29 is 13.9 Å². The summed E-state index contributed by atoms with van der Waals surface area (Å²) in [5, 5.41) is 4.06. The van der Waals surface area contributed by atoms with Crippen LogP contribution in [0.25, 0.3) is 11.3 Å². The number of furan rings is 1. The number of hydrazine groups is 1. The number of methoxy groups -OCH3 is 1. The van der Waals surface area contributed by atoms with Crippen LogP contribution in [0.5, 0.6) is 5.75 Å². The van der Waals surface area contributed by atoms with E-state index in [1.54, 1.807) is 43.5 Å². The Morgan fingerprint density at radius 2 is 1.86 bits per heavy atom. The topological polar surface area (TPSA) is 75.5 Å². The summed E-state index contributed by atoms with van der Waals surface area (Å²) in [7, 11) is 1.56. The second kappa shape index (κ2) is 8.97. The van der Waals surface area contributed by atoms with Gasteiger partial charge in [0.05, 0.1) is 17.8 Å². The summed E-state index contributed by atoms with van der Waals surface area (Å²) in [5.41, 5.74) is 6.37. The maximum atomic E-state index is 12.3. The molecule has 0 unspecified atom stereocenters. The Morgan fingerprint density at radius 1 is 1.07 bits per heavy atom. The van der Waals surface area contributed by atoms with Crippen molar-refractivity contribution in [1.29, 1.82) is 0 Å². The van der Waals surface area contributed by atoms with Gasteiger partial charge in [0.2, 0.25) is 0 Å². The zero-order valence-corrected chi connectivity index (χ0v) is 16.9. The van der Waals surface area contributed by atoms with Crippen LogP contribution in [0, 0.1) is 0 Å². The Balaban J connectivity index is 1.61. The first-order valence-electron chi connectivity index (χ1n) is 8.03. The van der Waals surface area contributed by atoms with Gasteiger partial charge in [-0.05, 0) is 54.7 Å². The summed E-state index contributed by atoms with van der Waals surface area (Å²) < 4.78 is 10.8. The first-order valence-corrected chi connectivity index (χ1v) is 9.20. The number of carbonyl (C=O) groups excluding carboxylic acids is 1. The van der Waals surface area contributed by atoms with E-state index >= 15 is 0 Å². The van der Waals surface area contributed by atoms with E-state index < -0.39 is 5.91 Å². The molecule has 144 valence electrons. The van der Waals surface area contributed by atoms with Gasteiger partial charge >= 0.3 is 5.91 Å². The minimum absolute atomic E-state index is 0.0913. The fourth-order valence-electron chi connectivity index (χ4n) is 2.37. The van der Waals surface area contributed by atoms with Crippen molar-refractivity contribution in [2.24, 2.45) is 0 Å². The molecule has 0 atom stereocenters. The number of carbonyl (C=O) groups is 1. The van der Waals surface area contributed by atoms with Crippen molar-refractivity contribution in [3.8, 4) is 17.1 Å². The molecular weight excluding hydrogens is 421 g/mol. The van der Waals surface area contributed by atoms with Gasteiger partial charge in [0, 0.05) is 10.6 Å². The molecule has 9 heteroatoms. The second-order valence-corrected chi connectivity index (χ2v) is 6.77. The minimum Gasteiger partial charge on any atom is -0.495 e. The Labute approximate surface area is 176 Å². The maximum Gasteiger partial charge on any atom is 0.305 e. The number of thiocarbonyl (C=S) groups is 1. The number of hydrogen-bond donors (Lipinski definition) is 3. The van der Waals surface area contributed by atoms with Crippen LogP contribution in [0.3, 0.4) is 0 Å². The lowest BCUT2D eigenvalue weighted by Gasteiger charge is -2.13. The van der Waals surface area contributed by atoms with Crippen LogP contribution < -0.4 is 20.9 Å². The van der Waals surface area contributed by atoms with Crippen LogP contribution in [0.15, 0.2) is 59.0 Å². The van der Waals surface area contributed by atoms with Crippen LogP contribution in [-0.4, -0.2) is 18.1 Å². The standard InChI is InChI=1S/C19H15Cl2N3O3S/c1-26-16-5-3-2-4-14(16)22-19(28)24-23-18(25)17-9-8-15(27-17)12-7-6-11(20)10-13(12)21/h2-10H,1H3,(H,23,25)(H2,22,24,28). The molecule has 1 amide bonds. The van der Waals surface area contributed by atoms with Gasteiger partial charge in [-0.25, -0.2) is 0 Å². The number of rotatable bonds is 4. The largest absolute Gasteiger partial charge is 0.495 e. The van der Waals surface area contributed by atoms with Crippen molar-refractivity contribution in [3.63, 3.8) is 0 Å². The number of para-hydroxylation sites is 2. The number of amides is 1. The third-order valence-electron chi connectivity index (χ3n) is 3.67. The van der Waals surface area contributed by atoms with Gasteiger partial charge in [-0.2, -0.15) is 0 Å². The fraction of sp³-hybridized carbons (Fsp3) is 0.0526. The molecule has 3 aromatic rings. The summed E-state index contributed by atoms with van der Waals surface area (Å²) in [6.45, 7) is 0. The normalized spacial score (nSPS) is 10.2. The zero-order chi connectivity index (χ0) is 20.1. The molecule has 0 radical (unpaired) electrons. The van der Waals surface area contributed by atoms with Gasteiger partial charge in [-0.15, -0.1) is 0 Å². The van der Waals surface area contributed by atoms with Crippen LogP contribution in [0.4, 0.5) is 5.69 Å². The van der Waals surface area contributed by atoms with Crippen LogP contribution in [0.1, 0.15) is 10.6 Å². The lowest BCUT2D eigenvalue weighted by molar-refractivity contribution is 0.0917. The summed E-state index contributed by atoms with van der Waals surface area (Å²) >= 11 is 17.2. The van der Waals surface area contributed by atoms with E-state index in [1.165, 1.54) is 6.07 Å². The first-order chi connectivity index (χ1) is 13.5. The van der Waals surface area contributed by atoms with E-state index in [-0.39, 0.29) is 10.9 Å². The summed E-state index contributed by atoms with van der Waals surface area (Å²) in [5.74, 6) is 0.657. The average molecular weight is 436 g/mol. The fourth-order valence-corrected chi connectivity index (χ4v) is 3.03. The molecule has 0 aliphatic rings. The smallest absolute Gasteiger partial charge is 0.305 e. The molecule has 3 rings (SSSR count). The first kappa shape index (κ1) is 20.0. The number of nitrogens with one attached hydrogen (secondary N) is 3. The van der Waals surface area contributed by atoms with Gasteiger partial charge in [0.25, 0.3) is 0 Å². The van der Waals surface area contributed by atoms with E-state index in [9.17, 15) is 4.79 Å². The van der Waals surface area contributed by atoms with Crippen molar-refractivity contribution in [1.82, 2.24) is 10.9 Å². The van der Waals surface area contributed by atoms with Gasteiger partial charge in [-0.1, -0.05) is 35.3 Å².